The average Bonchev–Trinajstić information content (AvgIpc) is 2.87. The van der Waals surface area contributed by atoms with E-state index in [2.05, 4.69) is 13.8 Å². The molecular weight excluding hydrogens is 448 g/mol. The molecule has 212 valence electrons. The molecule has 7 heteroatoms. The number of hydrogen-bond donors (Lipinski definition) is 0. The number of hydrogen-bond acceptors (Lipinski definition) is 7. The van der Waals surface area contributed by atoms with Crippen molar-refractivity contribution in [3.05, 3.63) is 0 Å². The summed E-state index contributed by atoms with van der Waals surface area (Å²) in [5, 5.41) is 9.39. The Hall–Kier alpha value is -0.280. The molecule has 0 aliphatic rings. The van der Waals surface area contributed by atoms with E-state index in [4.69, 9.17) is 34.4 Å². The van der Waals surface area contributed by atoms with Gasteiger partial charge in [-0.15, -0.1) is 0 Å². The Morgan fingerprint density at radius 1 is 0.286 bits per heavy atom. The van der Waals surface area contributed by atoms with Crippen molar-refractivity contribution in [2.75, 3.05) is 39.6 Å². The van der Waals surface area contributed by atoms with E-state index in [-0.39, 0.29) is 0 Å². The highest BCUT2D eigenvalue weighted by molar-refractivity contribution is 4.48. The van der Waals surface area contributed by atoms with Gasteiger partial charge in [-0.25, -0.2) is 19.6 Å². The van der Waals surface area contributed by atoms with Crippen LogP contribution in [0.2, 0.25) is 0 Å². The molecule has 0 aromatic rings. The van der Waals surface area contributed by atoms with Gasteiger partial charge in [-0.05, 0) is 12.8 Å². The van der Waals surface area contributed by atoms with Gasteiger partial charge >= 0.3 is 0 Å². The van der Waals surface area contributed by atoms with E-state index in [1.165, 1.54) is 116 Å². The normalized spacial score (nSPS) is 11.5. The zero-order chi connectivity index (χ0) is 25.3. The molecule has 0 aromatic heterocycles. The molecule has 0 aromatic carbocycles. The Kier molecular flexibility index (Phi) is 33.5. The molecule has 35 heavy (non-hydrogen) atoms. The Labute approximate surface area is 216 Å². The second kappa shape index (κ2) is 33.7. The fourth-order valence-electron chi connectivity index (χ4n) is 3.79. The Morgan fingerprint density at radius 2 is 0.571 bits per heavy atom. The van der Waals surface area contributed by atoms with Crippen molar-refractivity contribution in [1.82, 2.24) is 0 Å². The Morgan fingerprint density at radius 3 is 0.914 bits per heavy atom. The van der Waals surface area contributed by atoms with Crippen LogP contribution in [-0.4, -0.2) is 39.6 Å². The zero-order valence-corrected chi connectivity index (χ0v) is 23.2. The molecule has 0 fully saturated rings. The van der Waals surface area contributed by atoms with Crippen LogP contribution in [0.15, 0.2) is 0 Å². The van der Waals surface area contributed by atoms with Gasteiger partial charge in [-0.2, -0.15) is 0 Å². The predicted octanol–water partition coefficient (Wildman–Crippen LogP) is 8.60. The molecule has 0 aliphatic carbocycles. The van der Waals surface area contributed by atoms with Crippen LogP contribution in [0.1, 0.15) is 142 Å². The van der Waals surface area contributed by atoms with E-state index in [9.17, 15) is 0 Å². The summed E-state index contributed by atoms with van der Waals surface area (Å²) in [5.41, 5.74) is 0. The second-order valence-electron chi connectivity index (χ2n) is 9.40. The first-order valence-electron chi connectivity index (χ1n) is 14.8. The van der Waals surface area contributed by atoms with Crippen LogP contribution in [0.5, 0.6) is 0 Å². The van der Waals surface area contributed by atoms with Crippen LogP contribution >= 0.6 is 0 Å². The van der Waals surface area contributed by atoms with Crippen molar-refractivity contribution in [2.24, 2.45) is 0 Å². The van der Waals surface area contributed by atoms with Gasteiger partial charge in [0.1, 0.15) is 13.2 Å². The number of rotatable bonds is 32. The van der Waals surface area contributed by atoms with E-state index in [1.807, 2.05) is 0 Å². The summed E-state index contributed by atoms with van der Waals surface area (Å²) < 4.78 is 5.34. The van der Waals surface area contributed by atoms with Gasteiger partial charge in [0, 0.05) is 0 Å². The molecule has 0 atom stereocenters. The van der Waals surface area contributed by atoms with Crippen molar-refractivity contribution in [3.63, 3.8) is 0 Å². The lowest BCUT2D eigenvalue weighted by Crippen LogP contribution is -2.10. The average molecular weight is 507 g/mol. The third-order valence-electron chi connectivity index (χ3n) is 5.98. The fourth-order valence-corrected chi connectivity index (χ4v) is 3.79. The topological polar surface area (TPSA) is 64.6 Å². The molecule has 0 saturated carbocycles. The van der Waals surface area contributed by atoms with Crippen molar-refractivity contribution in [1.29, 1.82) is 0 Å². The first kappa shape index (κ1) is 34.7. The van der Waals surface area contributed by atoms with Crippen molar-refractivity contribution < 1.29 is 34.4 Å². The molecule has 0 aliphatic heterocycles. The van der Waals surface area contributed by atoms with Crippen LogP contribution in [0.25, 0.3) is 0 Å². The molecule has 0 amide bonds. The van der Waals surface area contributed by atoms with E-state index in [1.54, 1.807) is 0 Å². The minimum Gasteiger partial charge on any atom is -0.376 e. The maximum atomic E-state index is 5.34. The minimum absolute atomic E-state index is 0.300. The summed E-state index contributed by atoms with van der Waals surface area (Å²) in [5.74, 6) is 0. The van der Waals surface area contributed by atoms with E-state index in [0.717, 1.165) is 12.8 Å². The third kappa shape index (κ3) is 33.7. The van der Waals surface area contributed by atoms with E-state index < -0.39 is 0 Å². The molecule has 7 nitrogen and oxygen atoms in total. The SMILES string of the molecule is CCCCCCCCCCCCOOOCCOCCOOOCCCCCCCCCCCC. The van der Waals surface area contributed by atoms with Crippen LogP contribution in [0.3, 0.4) is 0 Å². The summed E-state index contributed by atoms with van der Waals surface area (Å²) in [6.07, 6.45) is 25.9. The van der Waals surface area contributed by atoms with Crippen LogP contribution in [0.4, 0.5) is 0 Å². The number of unbranched alkanes of at least 4 members (excludes halogenated alkanes) is 18. The lowest BCUT2D eigenvalue weighted by atomic mass is 10.1. The Bertz CT molecular complexity index is 326. The van der Waals surface area contributed by atoms with Crippen LogP contribution in [0, 0.1) is 0 Å². The quantitative estimate of drug-likeness (QED) is 0.0514. The first-order chi connectivity index (χ1) is 17.4. The largest absolute Gasteiger partial charge is 0.376 e. The molecule has 0 unspecified atom stereocenters. The summed E-state index contributed by atoms with van der Waals surface area (Å²) >= 11 is 0. The number of ether oxygens (including phenoxy) is 1. The molecule has 0 spiro atoms. The van der Waals surface area contributed by atoms with Gasteiger partial charge in [-0.3, -0.25) is 0 Å². The van der Waals surface area contributed by atoms with Gasteiger partial charge in [0.2, 0.25) is 0 Å². The fraction of sp³-hybridized carbons (Fsp3) is 1.00. The van der Waals surface area contributed by atoms with Gasteiger partial charge in [-0.1, -0.05) is 139 Å². The zero-order valence-electron chi connectivity index (χ0n) is 23.2. The smallest absolute Gasteiger partial charge is 0.109 e. The van der Waals surface area contributed by atoms with Gasteiger partial charge in [0.25, 0.3) is 0 Å². The summed E-state index contributed by atoms with van der Waals surface area (Å²) in [7, 11) is 0. The maximum absolute atomic E-state index is 5.34. The molecule has 0 rings (SSSR count). The summed E-state index contributed by atoms with van der Waals surface area (Å²) in [6.45, 7) is 7.02. The lowest BCUT2D eigenvalue weighted by Gasteiger charge is -2.06. The monoisotopic (exact) mass is 506 g/mol. The van der Waals surface area contributed by atoms with Gasteiger partial charge < -0.3 is 4.74 Å². The van der Waals surface area contributed by atoms with Gasteiger partial charge in [0.15, 0.2) is 0 Å². The first-order valence-corrected chi connectivity index (χ1v) is 14.8. The molecule has 0 radical (unpaired) electrons. The molecule has 0 bridgehead atoms. The Balaban J connectivity index is 3.00. The highest BCUT2D eigenvalue weighted by atomic mass is 17.5. The molecule has 0 saturated heterocycles. The highest BCUT2D eigenvalue weighted by Gasteiger charge is 1.97. The molecule has 0 heterocycles. The van der Waals surface area contributed by atoms with Crippen LogP contribution < -0.4 is 0 Å². The summed E-state index contributed by atoms with van der Waals surface area (Å²) in [6, 6.07) is 0. The lowest BCUT2D eigenvalue weighted by molar-refractivity contribution is -0.516. The van der Waals surface area contributed by atoms with Gasteiger partial charge in [0.05, 0.1) is 26.4 Å². The van der Waals surface area contributed by atoms with E-state index in [0.29, 0.717) is 39.6 Å². The minimum atomic E-state index is 0.300. The third-order valence-corrected chi connectivity index (χ3v) is 5.98. The molecule has 0 N–H and O–H groups in total. The summed E-state index contributed by atoms with van der Waals surface area (Å²) in [4.78, 5) is 19.8. The predicted molar refractivity (Wildman–Crippen MR) is 140 cm³/mol. The van der Waals surface area contributed by atoms with Crippen molar-refractivity contribution in [2.45, 2.75) is 142 Å². The van der Waals surface area contributed by atoms with Crippen LogP contribution in [-0.2, 0) is 34.4 Å². The van der Waals surface area contributed by atoms with Crippen molar-refractivity contribution in [3.8, 4) is 0 Å². The highest BCUT2D eigenvalue weighted by Crippen LogP contribution is 2.11. The second-order valence-corrected chi connectivity index (χ2v) is 9.40. The maximum Gasteiger partial charge on any atom is 0.109 e. The van der Waals surface area contributed by atoms with Crippen molar-refractivity contribution >= 4 is 0 Å². The van der Waals surface area contributed by atoms with E-state index >= 15 is 0 Å². The standard InChI is InChI=1S/C28H58O7/c1-3-5-7-9-11-13-15-17-19-21-23-30-34-32-27-25-29-26-28-33-35-31-24-22-20-18-16-14-12-10-8-6-4-2/h3-28H2,1-2H3. The molecular formula is C28H58O7.